The van der Waals surface area contributed by atoms with Crippen molar-refractivity contribution in [3.63, 3.8) is 0 Å². The maximum absolute atomic E-state index is 11.1. The molecule has 4 aromatic rings. The van der Waals surface area contributed by atoms with Crippen LogP contribution < -0.4 is 16.0 Å². The van der Waals surface area contributed by atoms with Gasteiger partial charge in [0.05, 0.1) is 6.33 Å². The summed E-state index contributed by atoms with van der Waals surface area (Å²) in [4.78, 5) is 35.2. The topological polar surface area (TPSA) is 133 Å². The Morgan fingerprint density at radius 2 is 1.81 bits per heavy atom. The van der Waals surface area contributed by atoms with E-state index in [1.165, 1.54) is 13.3 Å². The van der Waals surface area contributed by atoms with Crippen LogP contribution in [-0.2, 0) is 4.79 Å². The molecule has 134 valence electrons. The van der Waals surface area contributed by atoms with E-state index in [0.717, 1.165) is 5.69 Å². The van der Waals surface area contributed by atoms with Crippen LogP contribution in [0.2, 0.25) is 0 Å². The van der Waals surface area contributed by atoms with E-state index in [1.807, 2.05) is 12.1 Å². The Hall–Kier alpha value is -4.08. The number of imidazole rings is 1. The Morgan fingerprint density at radius 3 is 2.56 bits per heavy atom. The van der Waals surface area contributed by atoms with E-state index in [4.69, 9.17) is 0 Å². The number of amides is 1. The van der Waals surface area contributed by atoms with Gasteiger partial charge in [-0.25, -0.2) is 15.0 Å². The van der Waals surface area contributed by atoms with Gasteiger partial charge in [0.1, 0.15) is 17.7 Å². The summed E-state index contributed by atoms with van der Waals surface area (Å²) in [6, 6.07) is 9.00. The van der Waals surface area contributed by atoms with E-state index in [-0.39, 0.29) is 5.91 Å². The molecule has 10 nitrogen and oxygen atoms in total. The first-order chi connectivity index (χ1) is 13.2. The third-order valence-electron chi connectivity index (χ3n) is 3.58. The van der Waals surface area contributed by atoms with E-state index in [1.54, 1.807) is 30.7 Å². The maximum atomic E-state index is 11.1. The molecule has 0 fully saturated rings. The van der Waals surface area contributed by atoms with Crippen LogP contribution in [-0.4, -0.2) is 35.8 Å². The second-order valence-corrected chi connectivity index (χ2v) is 5.60. The van der Waals surface area contributed by atoms with Gasteiger partial charge in [0.2, 0.25) is 11.9 Å². The molecule has 27 heavy (non-hydrogen) atoms. The van der Waals surface area contributed by atoms with Gasteiger partial charge < -0.3 is 20.9 Å². The number of aromatic amines is 1. The summed E-state index contributed by atoms with van der Waals surface area (Å²) in [5.41, 5.74) is 2.70. The first-order valence-electron chi connectivity index (χ1n) is 8.06. The average Bonchev–Trinajstić information content (AvgIpc) is 3.13. The van der Waals surface area contributed by atoms with Crippen LogP contribution in [0.4, 0.5) is 29.0 Å². The monoisotopic (exact) mass is 361 g/mol. The largest absolute Gasteiger partial charge is 0.340 e. The van der Waals surface area contributed by atoms with Crippen molar-refractivity contribution >= 4 is 46.0 Å². The van der Waals surface area contributed by atoms with E-state index in [0.29, 0.717) is 34.4 Å². The van der Waals surface area contributed by atoms with Crippen molar-refractivity contribution in [3.05, 3.63) is 49.2 Å². The van der Waals surface area contributed by atoms with Gasteiger partial charge in [-0.05, 0) is 30.3 Å². The molecular weight excluding hydrogens is 346 g/mol. The predicted octanol–water partition coefficient (Wildman–Crippen LogP) is 2.59. The fourth-order valence-corrected chi connectivity index (χ4v) is 2.44. The number of rotatable bonds is 5. The zero-order valence-corrected chi connectivity index (χ0v) is 14.3. The van der Waals surface area contributed by atoms with Gasteiger partial charge in [0, 0.05) is 24.5 Å². The van der Waals surface area contributed by atoms with E-state index < -0.39 is 0 Å². The Balaban J connectivity index is 1.62. The normalized spacial score (nSPS) is 10.6. The van der Waals surface area contributed by atoms with Crippen LogP contribution in [0.3, 0.4) is 0 Å². The SMILES string of the molecule is CC(=O)Nc1ccc(Nc2nc(Nc3ccncn3)nc3nc[nH]c23)cc1. The van der Waals surface area contributed by atoms with Gasteiger partial charge in [0.25, 0.3) is 0 Å². The average molecular weight is 361 g/mol. The third kappa shape index (κ3) is 3.79. The summed E-state index contributed by atoms with van der Waals surface area (Å²) >= 11 is 0. The van der Waals surface area contributed by atoms with Crippen LogP contribution in [0.25, 0.3) is 11.2 Å². The van der Waals surface area contributed by atoms with Crippen molar-refractivity contribution in [2.75, 3.05) is 16.0 Å². The van der Waals surface area contributed by atoms with Crippen LogP contribution in [0.15, 0.2) is 49.2 Å². The van der Waals surface area contributed by atoms with Gasteiger partial charge in [-0.15, -0.1) is 0 Å². The second kappa shape index (κ2) is 7.04. The minimum Gasteiger partial charge on any atom is -0.340 e. The van der Waals surface area contributed by atoms with Crippen molar-refractivity contribution in [2.45, 2.75) is 6.92 Å². The fraction of sp³-hybridized carbons (Fsp3) is 0.0588. The molecule has 1 amide bonds. The quantitative estimate of drug-likeness (QED) is 0.426. The summed E-state index contributed by atoms with van der Waals surface area (Å²) in [5.74, 6) is 1.36. The minimum absolute atomic E-state index is 0.119. The molecule has 0 unspecified atom stereocenters. The predicted molar refractivity (Wildman–Crippen MR) is 101 cm³/mol. The second-order valence-electron chi connectivity index (χ2n) is 5.60. The van der Waals surface area contributed by atoms with Crippen molar-refractivity contribution in [1.29, 1.82) is 0 Å². The molecule has 3 aromatic heterocycles. The zero-order valence-electron chi connectivity index (χ0n) is 14.3. The highest BCUT2D eigenvalue weighted by Crippen LogP contribution is 2.24. The highest BCUT2D eigenvalue weighted by atomic mass is 16.1. The van der Waals surface area contributed by atoms with Crippen molar-refractivity contribution in [3.8, 4) is 0 Å². The highest BCUT2D eigenvalue weighted by molar-refractivity contribution is 5.89. The first kappa shape index (κ1) is 16.4. The van der Waals surface area contributed by atoms with E-state index >= 15 is 0 Å². The molecule has 0 spiro atoms. The number of nitrogens with zero attached hydrogens (tertiary/aromatic N) is 5. The number of hydrogen-bond donors (Lipinski definition) is 4. The molecule has 0 aliphatic carbocycles. The summed E-state index contributed by atoms with van der Waals surface area (Å²) in [7, 11) is 0. The number of fused-ring (bicyclic) bond motifs is 1. The summed E-state index contributed by atoms with van der Waals surface area (Å²) in [5, 5.41) is 8.99. The van der Waals surface area contributed by atoms with Gasteiger partial charge in [-0.1, -0.05) is 0 Å². The Kier molecular flexibility index (Phi) is 4.27. The summed E-state index contributed by atoms with van der Waals surface area (Å²) in [6.07, 6.45) is 4.61. The van der Waals surface area contributed by atoms with Crippen molar-refractivity contribution < 1.29 is 4.79 Å². The number of carbonyl (C=O) groups excluding carboxylic acids is 1. The lowest BCUT2D eigenvalue weighted by Crippen LogP contribution is -2.06. The molecule has 4 N–H and O–H groups in total. The number of carbonyl (C=O) groups is 1. The Labute approximate surface area is 153 Å². The van der Waals surface area contributed by atoms with Gasteiger partial charge in [-0.3, -0.25) is 4.79 Å². The minimum atomic E-state index is -0.119. The molecular formula is C17H15N9O. The van der Waals surface area contributed by atoms with Crippen LogP contribution in [0.1, 0.15) is 6.92 Å². The number of aromatic nitrogens is 6. The summed E-state index contributed by atoms with van der Waals surface area (Å²) in [6.45, 7) is 1.47. The standard InChI is InChI=1S/C17H15N9O/c1-10(27)22-11-2-4-12(5-3-11)23-16-14-15(21-9-20-14)25-17(26-16)24-13-6-7-18-8-19-13/h2-9H,1H3,(H,22,27)(H3,18,19,20,21,23,24,25,26). The lowest BCUT2D eigenvalue weighted by molar-refractivity contribution is -0.114. The fourth-order valence-electron chi connectivity index (χ4n) is 2.44. The van der Waals surface area contributed by atoms with Crippen molar-refractivity contribution in [2.24, 2.45) is 0 Å². The Morgan fingerprint density at radius 1 is 1.00 bits per heavy atom. The van der Waals surface area contributed by atoms with Gasteiger partial charge >= 0.3 is 0 Å². The molecule has 0 saturated carbocycles. The van der Waals surface area contributed by atoms with Crippen LogP contribution >= 0.6 is 0 Å². The number of H-pyrrole nitrogens is 1. The molecule has 10 heteroatoms. The van der Waals surface area contributed by atoms with Crippen molar-refractivity contribution in [1.82, 2.24) is 29.9 Å². The molecule has 0 radical (unpaired) electrons. The third-order valence-corrected chi connectivity index (χ3v) is 3.58. The molecule has 1 aromatic carbocycles. The number of hydrogen-bond acceptors (Lipinski definition) is 8. The number of nitrogens with one attached hydrogen (secondary N) is 4. The molecule has 0 atom stereocenters. The van der Waals surface area contributed by atoms with Crippen LogP contribution in [0, 0.1) is 0 Å². The highest BCUT2D eigenvalue weighted by Gasteiger charge is 2.11. The number of benzene rings is 1. The van der Waals surface area contributed by atoms with Crippen LogP contribution in [0.5, 0.6) is 0 Å². The van der Waals surface area contributed by atoms with E-state index in [2.05, 4.69) is 45.9 Å². The van der Waals surface area contributed by atoms with Gasteiger partial charge in [-0.2, -0.15) is 9.97 Å². The zero-order chi connectivity index (χ0) is 18.6. The van der Waals surface area contributed by atoms with E-state index in [9.17, 15) is 4.79 Å². The smallest absolute Gasteiger partial charge is 0.232 e. The molecule has 0 saturated heterocycles. The summed E-state index contributed by atoms with van der Waals surface area (Å²) < 4.78 is 0. The molecule has 3 heterocycles. The molecule has 4 rings (SSSR count). The Bertz CT molecular complexity index is 1080. The molecule has 0 aliphatic heterocycles. The van der Waals surface area contributed by atoms with Gasteiger partial charge in [0.15, 0.2) is 11.5 Å². The first-order valence-corrected chi connectivity index (χ1v) is 8.06. The number of anilines is 5. The molecule has 0 aliphatic rings. The molecule has 0 bridgehead atoms. The lowest BCUT2D eigenvalue weighted by Gasteiger charge is -2.10. The lowest BCUT2D eigenvalue weighted by atomic mass is 10.2. The maximum Gasteiger partial charge on any atom is 0.232 e.